The fraction of sp³-hybridized carbons (Fsp3) is 0.286. The first-order valence-corrected chi connectivity index (χ1v) is 6.54. The van der Waals surface area contributed by atoms with Crippen molar-refractivity contribution < 1.29 is 9.32 Å². The van der Waals surface area contributed by atoms with Crippen LogP contribution in [0.3, 0.4) is 0 Å². The van der Waals surface area contributed by atoms with Gasteiger partial charge >= 0.3 is 0 Å². The minimum atomic E-state index is -0.494. The zero-order chi connectivity index (χ0) is 14.8. The molecule has 0 saturated carbocycles. The number of nitrogens with one attached hydrogen (secondary N) is 1. The van der Waals surface area contributed by atoms with Gasteiger partial charge in [-0.1, -0.05) is 28.9 Å². The molecular weight excluding hydrogens is 313 g/mol. The van der Waals surface area contributed by atoms with Crippen molar-refractivity contribution in [2.24, 2.45) is 5.73 Å². The average molecular weight is 330 g/mol. The molecule has 0 aliphatic heterocycles. The topological polar surface area (TPSA) is 81.1 Å². The van der Waals surface area contributed by atoms with Gasteiger partial charge in [-0.3, -0.25) is 4.79 Å². The predicted molar refractivity (Wildman–Crippen MR) is 84.8 cm³/mol. The van der Waals surface area contributed by atoms with Crippen LogP contribution in [0.25, 0.3) is 11.3 Å². The number of aromatic nitrogens is 1. The number of amides is 1. The highest BCUT2D eigenvalue weighted by atomic mass is 35.5. The van der Waals surface area contributed by atoms with Crippen LogP contribution < -0.4 is 11.1 Å². The molecule has 0 spiro atoms. The second kappa shape index (κ2) is 6.93. The number of hydrogen-bond donors (Lipinski definition) is 2. The molecular formula is C14H17Cl2N3O2. The summed E-state index contributed by atoms with van der Waals surface area (Å²) in [5, 5.41) is 7.15. The molecule has 0 aliphatic rings. The van der Waals surface area contributed by atoms with Gasteiger partial charge in [-0.05, 0) is 26.0 Å². The van der Waals surface area contributed by atoms with Crippen molar-refractivity contribution in [1.82, 2.24) is 10.5 Å². The number of benzene rings is 1. The molecule has 7 heteroatoms. The van der Waals surface area contributed by atoms with E-state index in [0.717, 1.165) is 5.56 Å². The maximum absolute atomic E-state index is 12.0. The minimum Gasteiger partial charge on any atom is -0.355 e. The SMILES string of the molecule is CC(C)(CN)NC(=O)c1cc(-c2cccc(Cl)c2)on1.Cl. The molecule has 1 heterocycles. The summed E-state index contributed by atoms with van der Waals surface area (Å²) in [6.45, 7) is 4.00. The molecule has 0 bridgehead atoms. The summed E-state index contributed by atoms with van der Waals surface area (Å²) in [4.78, 5) is 12.0. The van der Waals surface area contributed by atoms with E-state index in [1.54, 1.807) is 24.3 Å². The van der Waals surface area contributed by atoms with Crippen molar-refractivity contribution >= 4 is 29.9 Å². The lowest BCUT2D eigenvalue weighted by Crippen LogP contribution is -2.48. The first-order chi connectivity index (χ1) is 9.41. The number of nitrogens with two attached hydrogens (primary N) is 1. The summed E-state index contributed by atoms with van der Waals surface area (Å²) in [6.07, 6.45) is 0. The third kappa shape index (κ3) is 4.46. The number of nitrogens with zero attached hydrogens (tertiary/aromatic N) is 1. The number of carbonyl (C=O) groups is 1. The molecule has 1 amide bonds. The van der Waals surface area contributed by atoms with E-state index in [-0.39, 0.29) is 24.0 Å². The highest BCUT2D eigenvalue weighted by Crippen LogP contribution is 2.23. The summed E-state index contributed by atoms with van der Waals surface area (Å²) >= 11 is 5.91. The number of rotatable bonds is 4. The monoisotopic (exact) mass is 329 g/mol. The van der Waals surface area contributed by atoms with Crippen LogP contribution in [0.4, 0.5) is 0 Å². The summed E-state index contributed by atoms with van der Waals surface area (Å²) in [7, 11) is 0. The first kappa shape index (κ1) is 17.5. The first-order valence-electron chi connectivity index (χ1n) is 6.16. The molecule has 0 radical (unpaired) electrons. The Balaban J connectivity index is 0.00000220. The van der Waals surface area contributed by atoms with Crippen LogP contribution in [0.2, 0.25) is 5.02 Å². The molecule has 114 valence electrons. The van der Waals surface area contributed by atoms with E-state index in [1.165, 1.54) is 0 Å². The molecule has 1 aromatic carbocycles. The highest BCUT2D eigenvalue weighted by molar-refractivity contribution is 6.30. The molecule has 0 unspecified atom stereocenters. The van der Waals surface area contributed by atoms with E-state index in [2.05, 4.69) is 10.5 Å². The second-order valence-corrected chi connectivity index (χ2v) is 5.57. The Bertz CT molecular complexity index is 626. The molecule has 0 atom stereocenters. The van der Waals surface area contributed by atoms with Crippen LogP contribution >= 0.6 is 24.0 Å². The van der Waals surface area contributed by atoms with Gasteiger partial charge in [0.2, 0.25) is 0 Å². The lowest BCUT2D eigenvalue weighted by Gasteiger charge is -2.23. The Morgan fingerprint density at radius 2 is 2.14 bits per heavy atom. The Hall–Kier alpha value is -1.56. The third-order valence-electron chi connectivity index (χ3n) is 2.81. The number of halogens is 2. The maximum atomic E-state index is 12.0. The van der Waals surface area contributed by atoms with E-state index < -0.39 is 5.54 Å². The molecule has 1 aromatic heterocycles. The molecule has 2 rings (SSSR count). The molecule has 0 aliphatic carbocycles. The molecule has 3 N–H and O–H groups in total. The van der Waals surface area contributed by atoms with Crippen LogP contribution in [-0.4, -0.2) is 23.1 Å². The number of hydrogen-bond acceptors (Lipinski definition) is 4. The van der Waals surface area contributed by atoms with Crippen molar-refractivity contribution in [1.29, 1.82) is 0 Å². The van der Waals surface area contributed by atoms with Crippen molar-refractivity contribution in [3.05, 3.63) is 41.0 Å². The smallest absolute Gasteiger partial charge is 0.273 e. The zero-order valence-corrected chi connectivity index (χ0v) is 13.3. The van der Waals surface area contributed by atoms with Crippen LogP contribution in [0.1, 0.15) is 24.3 Å². The van der Waals surface area contributed by atoms with Gasteiger partial charge in [0.25, 0.3) is 5.91 Å². The van der Waals surface area contributed by atoms with Crippen LogP contribution in [0.15, 0.2) is 34.9 Å². The van der Waals surface area contributed by atoms with Crippen molar-refractivity contribution in [3.63, 3.8) is 0 Å². The Morgan fingerprint density at radius 3 is 2.76 bits per heavy atom. The van der Waals surface area contributed by atoms with Crippen molar-refractivity contribution in [2.75, 3.05) is 6.54 Å². The van der Waals surface area contributed by atoms with Crippen molar-refractivity contribution in [3.8, 4) is 11.3 Å². The molecule has 2 aromatic rings. The highest BCUT2D eigenvalue weighted by Gasteiger charge is 2.22. The van der Waals surface area contributed by atoms with Gasteiger partial charge in [-0.25, -0.2) is 0 Å². The predicted octanol–water partition coefficient (Wildman–Crippen LogP) is 2.88. The van der Waals surface area contributed by atoms with Gasteiger partial charge in [-0.15, -0.1) is 12.4 Å². The Kier molecular flexibility index (Phi) is 5.78. The maximum Gasteiger partial charge on any atom is 0.273 e. The van der Waals surface area contributed by atoms with E-state index in [9.17, 15) is 4.79 Å². The average Bonchev–Trinajstić information content (AvgIpc) is 2.88. The van der Waals surface area contributed by atoms with E-state index >= 15 is 0 Å². The third-order valence-corrected chi connectivity index (χ3v) is 3.05. The standard InChI is InChI=1S/C14H16ClN3O2.ClH/c1-14(2,8-16)17-13(19)11-7-12(20-18-11)9-4-3-5-10(15)6-9;/h3-7H,8,16H2,1-2H3,(H,17,19);1H. The van der Waals surface area contributed by atoms with Gasteiger partial charge in [0.1, 0.15) is 0 Å². The van der Waals surface area contributed by atoms with Crippen LogP contribution in [0, 0.1) is 0 Å². The van der Waals surface area contributed by atoms with Gasteiger partial charge < -0.3 is 15.6 Å². The van der Waals surface area contributed by atoms with Gasteiger partial charge in [0.05, 0.1) is 0 Å². The fourth-order valence-electron chi connectivity index (χ4n) is 1.58. The molecule has 21 heavy (non-hydrogen) atoms. The van der Waals surface area contributed by atoms with Crippen LogP contribution in [-0.2, 0) is 0 Å². The summed E-state index contributed by atoms with van der Waals surface area (Å²) in [5.41, 5.74) is 6.05. The van der Waals surface area contributed by atoms with E-state index in [1.807, 2.05) is 19.9 Å². The summed E-state index contributed by atoms with van der Waals surface area (Å²) < 4.78 is 5.17. The van der Waals surface area contributed by atoms with Gasteiger partial charge in [0, 0.05) is 28.7 Å². The van der Waals surface area contributed by atoms with Gasteiger partial charge in [0.15, 0.2) is 11.5 Å². The largest absolute Gasteiger partial charge is 0.355 e. The van der Waals surface area contributed by atoms with E-state index in [4.69, 9.17) is 21.9 Å². The Labute approximate surface area is 134 Å². The number of carbonyl (C=O) groups excluding carboxylic acids is 1. The fourth-order valence-corrected chi connectivity index (χ4v) is 1.77. The zero-order valence-electron chi connectivity index (χ0n) is 11.7. The lowest BCUT2D eigenvalue weighted by molar-refractivity contribution is 0.0906. The molecule has 0 fully saturated rings. The second-order valence-electron chi connectivity index (χ2n) is 5.13. The van der Waals surface area contributed by atoms with Crippen molar-refractivity contribution in [2.45, 2.75) is 19.4 Å². The van der Waals surface area contributed by atoms with Crippen LogP contribution in [0.5, 0.6) is 0 Å². The molecule has 0 saturated heterocycles. The lowest BCUT2D eigenvalue weighted by atomic mass is 10.1. The molecule has 5 nitrogen and oxygen atoms in total. The summed E-state index contributed by atoms with van der Waals surface area (Å²) in [5.74, 6) is 0.167. The van der Waals surface area contributed by atoms with Gasteiger partial charge in [-0.2, -0.15) is 0 Å². The quantitative estimate of drug-likeness (QED) is 0.903. The minimum absolute atomic E-state index is 0. The Morgan fingerprint density at radius 1 is 1.43 bits per heavy atom. The summed E-state index contributed by atoms with van der Waals surface area (Å²) in [6, 6.07) is 8.72. The normalized spacial score (nSPS) is 10.9. The van der Waals surface area contributed by atoms with E-state index in [0.29, 0.717) is 17.3 Å².